The summed E-state index contributed by atoms with van der Waals surface area (Å²) in [5.41, 5.74) is 7.27. The number of primary sulfonamides is 1. The molecule has 5 N–H and O–H groups in total. The number of halogens is 1. The Morgan fingerprint density at radius 3 is 2.61 bits per heavy atom. The summed E-state index contributed by atoms with van der Waals surface area (Å²) in [7, 11) is -1.99. The molecule has 1 aliphatic rings. The van der Waals surface area contributed by atoms with Crippen LogP contribution in [0.5, 0.6) is 0 Å². The fourth-order valence-electron chi connectivity index (χ4n) is 2.80. The van der Waals surface area contributed by atoms with Crippen LogP contribution in [0.2, 0.25) is 4.34 Å². The van der Waals surface area contributed by atoms with E-state index < -0.39 is 10.0 Å². The molecule has 23 heavy (non-hydrogen) atoms. The number of nitrogens with zero attached hydrogens (tertiary/aromatic N) is 2. The van der Waals surface area contributed by atoms with Gasteiger partial charge in [-0.3, -0.25) is 0 Å². The molecular weight excluding hydrogens is 358 g/mol. The second kappa shape index (κ2) is 5.90. The van der Waals surface area contributed by atoms with Crippen molar-refractivity contribution in [2.75, 3.05) is 18.1 Å². The third kappa shape index (κ3) is 3.27. The van der Waals surface area contributed by atoms with Crippen LogP contribution in [0.25, 0.3) is 0 Å². The lowest BCUT2D eigenvalue weighted by molar-refractivity contribution is 0.342. The van der Waals surface area contributed by atoms with Gasteiger partial charge in [0, 0.05) is 19.0 Å². The van der Waals surface area contributed by atoms with Gasteiger partial charge in [-0.15, -0.1) is 11.3 Å². The second-order valence-electron chi connectivity index (χ2n) is 5.49. The normalized spacial score (nSPS) is 21.0. The van der Waals surface area contributed by atoms with Gasteiger partial charge in [-0.25, -0.2) is 18.5 Å². The predicted octanol–water partition coefficient (Wildman–Crippen LogP) is 2.12. The Balaban J connectivity index is 1.81. The number of hydrogen-bond acceptors (Lipinski definition) is 7. The molecule has 0 saturated heterocycles. The highest BCUT2D eigenvalue weighted by Crippen LogP contribution is 2.50. The minimum Gasteiger partial charge on any atom is -0.373 e. The molecule has 0 unspecified atom stereocenters. The molecule has 2 aromatic rings. The highest BCUT2D eigenvalue weighted by atomic mass is 35.5. The third-order valence-electron chi connectivity index (χ3n) is 3.97. The summed E-state index contributed by atoms with van der Waals surface area (Å²) in [5, 5.41) is 8.21. The molecule has 0 radical (unpaired) electrons. The Bertz CT molecular complexity index is 846. The van der Waals surface area contributed by atoms with Gasteiger partial charge in [0.2, 0.25) is 16.0 Å². The molecular formula is C13H16ClN5O2S2. The summed E-state index contributed by atoms with van der Waals surface area (Å²) in [4.78, 5) is 8.33. The number of nitrogens with one attached hydrogen (secondary N) is 1. The highest BCUT2D eigenvalue weighted by molar-refractivity contribution is 7.91. The molecule has 2 aromatic heterocycles. The summed E-state index contributed by atoms with van der Waals surface area (Å²) in [6.45, 7) is 0. The third-order valence-corrected chi connectivity index (χ3v) is 6.74. The van der Waals surface area contributed by atoms with Crippen LogP contribution in [-0.2, 0) is 10.0 Å². The molecule has 2 heterocycles. The van der Waals surface area contributed by atoms with Gasteiger partial charge in [0.25, 0.3) is 0 Å². The van der Waals surface area contributed by atoms with Crippen molar-refractivity contribution in [1.29, 1.82) is 0 Å². The first-order valence-corrected chi connectivity index (χ1v) is 9.66. The predicted molar refractivity (Wildman–Crippen MR) is 91.4 cm³/mol. The van der Waals surface area contributed by atoms with E-state index in [0.29, 0.717) is 15.7 Å². The van der Waals surface area contributed by atoms with Crippen LogP contribution in [0.15, 0.2) is 16.3 Å². The molecule has 1 aliphatic carbocycles. The SMILES string of the molecule is CNc1cc(C2CC(c3cc(Cl)sc3S(N)(=O)=O)C2)nc(N)n1. The van der Waals surface area contributed by atoms with E-state index in [-0.39, 0.29) is 22.0 Å². The summed E-state index contributed by atoms with van der Waals surface area (Å²) in [6, 6.07) is 3.55. The van der Waals surface area contributed by atoms with Crippen molar-refractivity contribution in [3.8, 4) is 0 Å². The van der Waals surface area contributed by atoms with Gasteiger partial charge < -0.3 is 11.1 Å². The molecule has 3 rings (SSSR count). The topological polar surface area (TPSA) is 124 Å². The molecule has 0 bridgehead atoms. The molecule has 7 nitrogen and oxygen atoms in total. The molecule has 124 valence electrons. The van der Waals surface area contributed by atoms with Crippen molar-refractivity contribution in [2.45, 2.75) is 28.9 Å². The monoisotopic (exact) mass is 373 g/mol. The number of nitrogens with two attached hydrogens (primary N) is 2. The number of nitrogen functional groups attached to an aromatic ring is 1. The largest absolute Gasteiger partial charge is 0.373 e. The first kappa shape index (κ1) is 16.4. The van der Waals surface area contributed by atoms with Gasteiger partial charge in [0.05, 0.1) is 10.0 Å². The van der Waals surface area contributed by atoms with Crippen LogP contribution >= 0.6 is 22.9 Å². The van der Waals surface area contributed by atoms with Gasteiger partial charge in [0.15, 0.2) is 0 Å². The van der Waals surface area contributed by atoms with Gasteiger partial charge in [-0.1, -0.05) is 11.6 Å². The lowest BCUT2D eigenvalue weighted by Crippen LogP contribution is -2.23. The molecule has 0 spiro atoms. The maximum Gasteiger partial charge on any atom is 0.247 e. The van der Waals surface area contributed by atoms with Crippen molar-refractivity contribution in [3.05, 3.63) is 27.7 Å². The van der Waals surface area contributed by atoms with Crippen molar-refractivity contribution in [1.82, 2.24) is 9.97 Å². The fourth-order valence-corrected chi connectivity index (χ4v) is 5.28. The summed E-state index contributed by atoms with van der Waals surface area (Å²) in [6.07, 6.45) is 1.55. The standard InChI is InChI=1S/C13H16ClN5O2S2/c1-17-11-5-9(18-13(15)19-11)7-2-6(3-7)8-4-10(14)22-12(8)23(16,20)21/h4-7H,2-3H2,1H3,(H2,16,20,21)(H3,15,17,18,19). The van der Waals surface area contributed by atoms with E-state index in [1.807, 2.05) is 6.07 Å². The van der Waals surface area contributed by atoms with Gasteiger partial charge in [-0.05, 0) is 30.4 Å². The van der Waals surface area contributed by atoms with Crippen molar-refractivity contribution in [3.63, 3.8) is 0 Å². The Morgan fingerprint density at radius 2 is 2.00 bits per heavy atom. The molecule has 1 saturated carbocycles. The maximum absolute atomic E-state index is 11.7. The van der Waals surface area contributed by atoms with Crippen molar-refractivity contribution in [2.24, 2.45) is 5.14 Å². The lowest BCUT2D eigenvalue weighted by Gasteiger charge is -2.35. The molecule has 0 atom stereocenters. The molecule has 1 fully saturated rings. The van der Waals surface area contributed by atoms with E-state index in [4.69, 9.17) is 22.5 Å². The number of sulfonamides is 1. The van der Waals surface area contributed by atoms with E-state index in [9.17, 15) is 8.42 Å². The van der Waals surface area contributed by atoms with E-state index in [0.717, 1.165) is 29.9 Å². The zero-order valence-corrected chi connectivity index (χ0v) is 14.7. The first-order valence-electron chi connectivity index (χ1n) is 6.92. The minimum absolute atomic E-state index is 0.103. The summed E-state index contributed by atoms with van der Waals surface area (Å²) >= 11 is 6.96. The Kier molecular flexibility index (Phi) is 4.21. The van der Waals surface area contributed by atoms with Gasteiger partial charge in [0.1, 0.15) is 10.0 Å². The zero-order chi connectivity index (χ0) is 16.8. The number of aromatic nitrogens is 2. The minimum atomic E-state index is -3.75. The van der Waals surface area contributed by atoms with Crippen LogP contribution in [0, 0.1) is 0 Å². The van der Waals surface area contributed by atoms with E-state index in [1.54, 1.807) is 13.1 Å². The van der Waals surface area contributed by atoms with E-state index >= 15 is 0 Å². The number of thiophene rings is 1. The number of hydrogen-bond donors (Lipinski definition) is 3. The van der Waals surface area contributed by atoms with Gasteiger partial charge in [-0.2, -0.15) is 4.98 Å². The summed E-state index contributed by atoms with van der Waals surface area (Å²) in [5.74, 6) is 1.20. The molecule has 0 aliphatic heterocycles. The van der Waals surface area contributed by atoms with E-state index in [1.165, 1.54) is 0 Å². The second-order valence-corrected chi connectivity index (χ2v) is 8.93. The zero-order valence-electron chi connectivity index (χ0n) is 12.3. The Labute approximate surface area is 143 Å². The van der Waals surface area contributed by atoms with E-state index in [2.05, 4.69) is 15.3 Å². The van der Waals surface area contributed by atoms with Crippen LogP contribution in [-0.4, -0.2) is 25.4 Å². The smallest absolute Gasteiger partial charge is 0.247 e. The molecule has 10 heteroatoms. The van der Waals surface area contributed by atoms with Gasteiger partial charge >= 0.3 is 0 Å². The average molecular weight is 374 g/mol. The van der Waals surface area contributed by atoms with Crippen molar-refractivity contribution < 1.29 is 8.42 Å². The number of anilines is 2. The quantitative estimate of drug-likeness (QED) is 0.754. The summed E-state index contributed by atoms with van der Waals surface area (Å²) < 4.78 is 23.9. The highest BCUT2D eigenvalue weighted by Gasteiger charge is 2.36. The van der Waals surface area contributed by atoms with Crippen LogP contribution in [0.1, 0.15) is 35.9 Å². The molecule has 0 aromatic carbocycles. The molecule has 0 amide bonds. The number of rotatable bonds is 4. The van der Waals surface area contributed by atoms with Crippen molar-refractivity contribution >= 4 is 44.7 Å². The average Bonchev–Trinajstić information content (AvgIpc) is 2.78. The van der Waals surface area contributed by atoms with Crippen LogP contribution in [0.4, 0.5) is 11.8 Å². The Morgan fingerprint density at radius 1 is 1.30 bits per heavy atom. The fraction of sp³-hybridized carbons (Fsp3) is 0.385. The maximum atomic E-state index is 11.7. The van der Waals surface area contributed by atoms with Crippen LogP contribution in [0.3, 0.4) is 0 Å². The first-order chi connectivity index (χ1) is 10.8. The Hall–Kier alpha value is -1.42. The van der Waals surface area contributed by atoms with Crippen LogP contribution < -0.4 is 16.2 Å². The lowest BCUT2D eigenvalue weighted by atomic mass is 9.70.